The molecule has 2 aromatic rings. The molecule has 1 aliphatic carbocycles. The zero-order chi connectivity index (χ0) is 19.6. The number of hydrogen-bond acceptors (Lipinski definition) is 6. The van der Waals surface area contributed by atoms with Gasteiger partial charge in [0.05, 0.1) is 11.1 Å². The van der Waals surface area contributed by atoms with E-state index >= 15 is 0 Å². The standard InChI is InChI=1S/C19H27N3O3S2/c1-19(2,3)21-14(23)11-26-18-20-16-15(12-7-5-8-13(12)27-16)17(24)22(18)9-6-10-25-4/h5-11H2,1-4H3,(H,21,23). The molecule has 0 radical (unpaired) electrons. The topological polar surface area (TPSA) is 73.2 Å². The Bertz CT molecular complexity index is 896. The van der Waals surface area contributed by atoms with Crippen LogP contribution in [0.2, 0.25) is 0 Å². The van der Waals surface area contributed by atoms with Gasteiger partial charge in [-0.1, -0.05) is 11.8 Å². The van der Waals surface area contributed by atoms with Gasteiger partial charge in [0.1, 0.15) is 4.83 Å². The van der Waals surface area contributed by atoms with Crippen molar-refractivity contribution in [2.45, 2.75) is 63.7 Å². The lowest BCUT2D eigenvalue weighted by atomic mass is 10.1. The average Bonchev–Trinajstić information content (AvgIpc) is 3.14. The average molecular weight is 410 g/mol. The highest BCUT2D eigenvalue weighted by Crippen LogP contribution is 2.35. The first-order chi connectivity index (χ1) is 12.8. The minimum atomic E-state index is -0.276. The maximum absolute atomic E-state index is 13.2. The lowest BCUT2D eigenvalue weighted by Crippen LogP contribution is -2.41. The Morgan fingerprint density at radius 3 is 2.85 bits per heavy atom. The first-order valence-electron chi connectivity index (χ1n) is 9.28. The fourth-order valence-electron chi connectivity index (χ4n) is 3.32. The Kier molecular flexibility index (Phi) is 6.28. The van der Waals surface area contributed by atoms with Crippen molar-refractivity contribution >= 4 is 39.2 Å². The molecule has 1 aliphatic rings. The first kappa shape index (κ1) is 20.4. The zero-order valence-corrected chi connectivity index (χ0v) is 18.0. The molecule has 1 N–H and O–H groups in total. The molecular formula is C19H27N3O3S2. The number of hydrogen-bond donors (Lipinski definition) is 1. The molecular weight excluding hydrogens is 382 g/mol. The van der Waals surface area contributed by atoms with Crippen molar-refractivity contribution in [1.82, 2.24) is 14.9 Å². The molecule has 6 nitrogen and oxygen atoms in total. The van der Waals surface area contributed by atoms with Gasteiger partial charge < -0.3 is 10.1 Å². The third-order valence-corrected chi connectivity index (χ3v) is 6.53. The van der Waals surface area contributed by atoms with E-state index in [9.17, 15) is 9.59 Å². The molecule has 0 aliphatic heterocycles. The van der Waals surface area contributed by atoms with E-state index in [2.05, 4.69) is 5.32 Å². The number of thioether (sulfide) groups is 1. The van der Waals surface area contributed by atoms with Gasteiger partial charge in [-0.25, -0.2) is 4.98 Å². The third kappa shape index (κ3) is 4.73. The summed E-state index contributed by atoms with van der Waals surface area (Å²) >= 11 is 2.96. The molecule has 0 atom stereocenters. The Hall–Kier alpha value is -1.38. The maximum Gasteiger partial charge on any atom is 0.263 e. The van der Waals surface area contributed by atoms with Gasteiger partial charge in [0.2, 0.25) is 5.91 Å². The van der Waals surface area contributed by atoms with Crippen LogP contribution in [0.4, 0.5) is 0 Å². The van der Waals surface area contributed by atoms with Crippen LogP contribution in [0.3, 0.4) is 0 Å². The summed E-state index contributed by atoms with van der Waals surface area (Å²) in [5.74, 6) is 0.184. The molecule has 0 unspecified atom stereocenters. The second-order valence-corrected chi connectivity index (χ2v) is 9.85. The Morgan fingerprint density at radius 1 is 1.37 bits per heavy atom. The Morgan fingerprint density at radius 2 is 2.15 bits per heavy atom. The molecule has 2 heterocycles. The van der Waals surface area contributed by atoms with Crippen molar-refractivity contribution in [3.8, 4) is 0 Å². The highest BCUT2D eigenvalue weighted by atomic mass is 32.2. The summed E-state index contributed by atoms with van der Waals surface area (Å²) in [4.78, 5) is 32.3. The number of rotatable bonds is 7. The number of aryl methyl sites for hydroxylation is 2. The molecule has 0 fully saturated rings. The zero-order valence-electron chi connectivity index (χ0n) is 16.4. The van der Waals surface area contributed by atoms with Crippen molar-refractivity contribution in [2.75, 3.05) is 19.5 Å². The number of methoxy groups -OCH3 is 1. The van der Waals surface area contributed by atoms with E-state index in [-0.39, 0.29) is 22.8 Å². The van der Waals surface area contributed by atoms with Crippen molar-refractivity contribution in [3.05, 3.63) is 20.8 Å². The quantitative estimate of drug-likeness (QED) is 0.432. The maximum atomic E-state index is 13.2. The summed E-state index contributed by atoms with van der Waals surface area (Å²) < 4.78 is 6.86. The lowest BCUT2D eigenvalue weighted by molar-refractivity contribution is -0.119. The van der Waals surface area contributed by atoms with Crippen LogP contribution in [0.1, 0.15) is 44.1 Å². The number of thiophene rings is 1. The molecule has 0 spiro atoms. The van der Waals surface area contributed by atoms with Crippen LogP contribution in [-0.2, 0) is 28.9 Å². The molecule has 27 heavy (non-hydrogen) atoms. The Labute approximate surface area is 167 Å². The normalized spacial score (nSPS) is 13.9. The van der Waals surface area contributed by atoms with Crippen LogP contribution < -0.4 is 10.9 Å². The van der Waals surface area contributed by atoms with Gasteiger partial charge in [-0.15, -0.1) is 11.3 Å². The Balaban J connectivity index is 1.91. The van der Waals surface area contributed by atoms with E-state index in [1.54, 1.807) is 23.0 Å². The first-order valence-corrected chi connectivity index (χ1v) is 11.1. The summed E-state index contributed by atoms with van der Waals surface area (Å²) in [7, 11) is 1.66. The SMILES string of the molecule is COCCCn1c(SCC(=O)NC(C)(C)C)nc2sc3c(c2c1=O)CCC3. The fourth-order valence-corrected chi connectivity index (χ4v) is 5.44. The fraction of sp³-hybridized carbons (Fsp3) is 0.632. The van der Waals surface area contributed by atoms with Crippen LogP contribution in [0.15, 0.2) is 9.95 Å². The number of fused-ring (bicyclic) bond motifs is 3. The van der Waals surface area contributed by atoms with Gasteiger partial charge in [-0.3, -0.25) is 14.2 Å². The third-order valence-electron chi connectivity index (χ3n) is 4.37. The van der Waals surface area contributed by atoms with Gasteiger partial charge in [-0.05, 0) is 52.0 Å². The molecule has 148 valence electrons. The van der Waals surface area contributed by atoms with E-state index in [1.165, 1.54) is 22.2 Å². The second-order valence-electron chi connectivity index (χ2n) is 7.82. The minimum Gasteiger partial charge on any atom is -0.385 e. The number of amides is 1. The second kappa shape index (κ2) is 8.32. The number of nitrogens with one attached hydrogen (secondary N) is 1. The summed E-state index contributed by atoms with van der Waals surface area (Å²) in [5.41, 5.74) is 0.936. The van der Waals surface area contributed by atoms with Crippen LogP contribution in [0, 0.1) is 0 Å². The minimum absolute atomic E-state index is 0.0224. The molecule has 1 amide bonds. The highest BCUT2D eigenvalue weighted by molar-refractivity contribution is 7.99. The molecule has 2 aromatic heterocycles. The van der Waals surface area contributed by atoms with Crippen LogP contribution in [0.5, 0.6) is 0 Å². The molecule has 0 saturated heterocycles. The monoisotopic (exact) mass is 409 g/mol. The van der Waals surface area contributed by atoms with Gasteiger partial charge in [0.15, 0.2) is 5.16 Å². The predicted octanol–water partition coefficient (Wildman–Crippen LogP) is 2.99. The van der Waals surface area contributed by atoms with Gasteiger partial charge in [-0.2, -0.15) is 0 Å². The van der Waals surface area contributed by atoms with E-state index in [1.807, 2.05) is 20.8 Å². The van der Waals surface area contributed by atoms with Crippen molar-refractivity contribution in [3.63, 3.8) is 0 Å². The number of carbonyl (C=O) groups excluding carboxylic acids is 1. The smallest absolute Gasteiger partial charge is 0.263 e. The molecule has 3 rings (SSSR count). The van der Waals surface area contributed by atoms with E-state index < -0.39 is 0 Å². The van der Waals surface area contributed by atoms with Crippen molar-refractivity contribution in [1.29, 1.82) is 0 Å². The van der Waals surface area contributed by atoms with Crippen LogP contribution in [-0.4, -0.2) is 40.5 Å². The van der Waals surface area contributed by atoms with Crippen molar-refractivity contribution in [2.24, 2.45) is 0 Å². The summed E-state index contributed by atoms with van der Waals surface area (Å²) in [5, 5.41) is 4.36. The number of aromatic nitrogens is 2. The molecule has 8 heteroatoms. The summed E-state index contributed by atoms with van der Waals surface area (Å²) in [6, 6.07) is 0. The van der Waals surface area contributed by atoms with E-state index in [0.29, 0.717) is 18.3 Å². The largest absolute Gasteiger partial charge is 0.385 e. The van der Waals surface area contributed by atoms with Crippen molar-refractivity contribution < 1.29 is 9.53 Å². The van der Waals surface area contributed by atoms with Gasteiger partial charge >= 0.3 is 0 Å². The lowest BCUT2D eigenvalue weighted by Gasteiger charge is -2.20. The summed E-state index contributed by atoms with van der Waals surface area (Å²) in [6.45, 7) is 6.99. The summed E-state index contributed by atoms with van der Waals surface area (Å²) in [6.07, 6.45) is 3.85. The highest BCUT2D eigenvalue weighted by Gasteiger charge is 2.23. The van der Waals surface area contributed by atoms with Crippen LogP contribution in [0.25, 0.3) is 10.2 Å². The number of ether oxygens (including phenoxy) is 1. The molecule has 0 bridgehead atoms. The van der Waals surface area contributed by atoms with E-state index in [0.717, 1.165) is 35.9 Å². The van der Waals surface area contributed by atoms with Gasteiger partial charge in [0, 0.05) is 30.7 Å². The number of carbonyl (C=O) groups is 1. The number of nitrogens with zero attached hydrogens (tertiary/aromatic N) is 2. The molecule has 0 aromatic carbocycles. The van der Waals surface area contributed by atoms with E-state index in [4.69, 9.17) is 9.72 Å². The molecule has 0 saturated carbocycles. The van der Waals surface area contributed by atoms with Gasteiger partial charge in [0.25, 0.3) is 5.56 Å². The predicted molar refractivity (Wildman–Crippen MR) is 111 cm³/mol. The van der Waals surface area contributed by atoms with Crippen LogP contribution >= 0.6 is 23.1 Å².